The van der Waals surface area contributed by atoms with E-state index in [1.54, 1.807) is 6.07 Å². The highest BCUT2D eigenvalue weighted by molar-refractivity contribution is 6.21. The van der Waals surface area contributed by atoms with Gasteiger partial charge in [0, 0.05) is 7.05 Å². The molecule has 1 aliphatic heterocycles. The van der Waals surface area contributed by atoms with Gasteiger partial charge < -0.3 is 5.11 Å². The Hall–Kier alpha value is -1.84. The summed E-state index contributed by atoms with van der Waals surface area (Å²) in [5, 5.41) is 9.71. The number of carbonyl (C=O) groups excluding carboxylic acids is 2. The lowest BCUT2D eigenvalue weighted by molar-refractivity contribution is 0.0693. The standard InChI is InChI=1S/C12H13NO3/c1-3-4-7-5-8-9(6-10(7)14)12(16)13(2)11(8)15/h5-6,14H,3-4H2,1-2H3. The van der Waals surface area contributed by atoms with E-state index in [0.29, 0.717) is 17.5 Å². The molecular formula is C12H13NO3. The van der Waals surface area contributed by atoms with Crippen LogP contribution < -0.4 is 0 Å². The zero-order valence-electron chi connectivity index (χ0n) is 9.28. The fourth-order valence-electron chi connectivity index (χ4n) is 1.91. The van der Waals surface area contributed by atoms with Gasteiger partial charge in [0.1, 0.15) is 5.75 Å². The number of fused-ring (bicyclic) bond motifs is 1. The Morgan fingerprint density at radius 3 is 2.31 bits per heavy atom. The van der Waals surface area contributed by atoms with Crippen LogP contribution in [0.1, 0.15) is 39.6 Å². The Morgan fingerprint density at radius 2 is 1.75 bits per heavy atom. The van der Waals surface area contributed by atoms with Crippen LogP contribution in [-0.2, 0) is 6.42 Å². The number of hydrogen-bond donors (Lipinski definition) is 1. The first-order valence-electron chi connectivity index (χ1n) is 5.24. The van der Waals surface area contributed by atoms with Gasteiger partial charge in [-0.05, 0) is 24.1 Å². The van der Waals surface area contributed by atoms with Gasteiger partial charge >= 0.3 is 0 Å². The summed E-state index contributed by atoms with van der Waals surface area (Å²) in [6.45, 7) is 1.99. The molecule has 0 saturated carbocycles. The molecule has 2 amide bonds. The zero-order chi connectivity index (χ0) is 11.9. The number of aryl methyl sites for hydroxylation is 1. The predicted octanol–water partition coefficient (Wildman–Crippen LogP) is 1.57. The molecule has 0 spiro atoms. The minimum absolute atomic E-state index is 0.0945. The summed E-state index contributed by atoms with van der Waals surface area (Å²) in [6, 6.07) is 3.02. The lowest BCUT2D eigenvalue weighted by Gasteiger charge is -2.04. The van der Waals surface area contributed by atoms with Crippen molar-refractivity contribution in [2.45, 2.75) is 19.8 Å². The highest BCUT2D eigenvalue weighted by Crippen LogP contribution is 2.29. The number of aromatic hydroxyl groups is 1. The van der Waals surface area contributed by atoms with Crippen LogP contribution in [0.4, 0.5) is 0 Å². The van der Waals surface area contributed by atoms with E-state index in [2.05, 4.69) is 0 Å². The molecule has 0 aromatic heterocycles. The topological polar surface area (TPSA) is 57.6 Å². The van der Waals surface area contributed by atoms with Gasteiger partial charge in [0.05, 0.1) is 11.1 Å². The van der Waals surface area contributed by atoms with Crippen molar-refractivity contribution in [2.24, 2.45) is 0 Å². The number of benzene rings is 1. The van der Waals surface area contributed by atoms with Crippen molar-refractivity contribution in [3.63, 3.8) is 0 Å². The second-order valence-corrected chi connectivity index (χ2v) is 3.95. The van der Waals surface area contributed by atoms with Gasteiger partial charge in [0.25, 0.3) is 11.8 Å². The molecule has 0 atom stereocenters. The summed E-state index contributed by atoms with van der Waals surface area (Å²) in [4.78, 5) is 24.4. The van der Waals surface area contributed by atoms with Crippen LogP contribution in [-0.4, -0.2) is 28.9 Å². The summed E-state index contributed by atoms with van der Waals surface area (Å²) in [6.07, 6.45) is 1.58. The van der Waals surface area contributed by atoms with E-state index in [4.69, 9.17) is 0 Å². The molecule has 16 heavy (non-hydrogen) atoms. The maximum absolute atomic E-state index is 11.7. The third-order valence-corrected chi connectivity index (χ3v) is 2.81. The number of hydrogen-bond acceptors (Lipinski definition) is 3. The lowest BCUT2D eigenvalue weighted by Crippen LogP contribution is -2.24. The third kappa shape index (κ3) is 1.38. The fraction of sp³-hybridized carbons (Fsp3) is 0.333. The molecule has 1 heterocycles. The molecule has 4 nitrogen and oxygen atoms in total. The zero-order valence-corrected chi connectivity index (χ0v) is 9.28. The van der Waals surface area contributed by atoms with Crippen LogP contribution in [0.5, 0.6) is 5.75 Å². The van der Waals surface area contributed by atoms with Crippen molar-refractivity contribution in [1.82, 2.24) is 4.90 Å². The minimum Gasteiger partial charge on any atom is -0.508 e. The van der Waals surface area contributed by atoms with E-state index in [0.717, 1.165) is 16.9 Å². The Labute approximate surface area is 93.5 Å². The smallest absolute Gasteiger partial charge is 0.261 e. The van der Waals surface area contributed by atoms with Crippen LogP contribution in [0.15, 0.2) is 12.1 Å². The van der Waals surface area contributed by atoms with E-state index < -0.39 is 0 Å². The SMILES string of the molecule is CCCc1cc2c(cc1O)C(=O)N(C)C2=O. The molecule has 0 bridgehead atoms. The van der Waals surface area contributed by atoms with Crippen molar-refractivity contribution in [3.8, 4) is 5.75 Å². The quantitative estimate of drug-likeness (QED) is 0.768. The highest BCUT2D eigenvalue weighted by Gasteiger charge is 2.33. The average molecular weight is 219 g/mol. The van der Waals surface area contributed by atoms with Crippen molar-refractivity contribution in [1.29, 1.82) is 0 Å². The monoisotopic (exact) mass is 219 g/mol. The minimum atomic E-state index is -0.349. The first-order chi connectivity index (χ1) is 7.56. The summed E-state index contributed by atoms with van der Waals surface area (Å²) in [5.74, 6) is -0.548. The molecule has 1 aromatic carbocycles. The molecule has 0 radical (unpaired) electrons. The first-order valence-corrected chi connectivity index (χ1v) is 5.24. The predicted molar refractivity (Wildman–Crippen MR) is 58.5 cm³/mol. The molecule has 0 unspecified atom stereocenters. The Morgan fingerprint density at radius 1 is 1.19 bits per heavy atom. The van der Waals surface area contributed by atoms with Crippen molar-refractivity contribution >= 4 is 11.8 Å². The Bertz CT molecular complexity index is 479. The molecule has 4 heteroatoms. The van der Waals surface area contributed by atoms with Gasteiger partial charge in [-0.3, -0.25) is 14.5 Å². The maximum Gasteiger partial charge on any atom is 0.261 e. The van der Waals surface area contributed by atoms with E-state index >= 15 is 0 Å². The molecule has 1 aromatic rings. The average Bonchev–Trinajstić information content (AvgIpc) is 2.46. The van der Waals surface area contributed by atoms with Crippen LogP contribution in [0.3, 0.4) is 0 Å². The van der Waals surface area contributed by atoms with E-state index in [9.17, 15) is 14.7 Å². The lowest BCUT2D eigenvalue weighted by atomic mass is 10.0. The summed E-state index contributed by atoms with van der Waals surface area (Å²) in [7, 11) is 1.45. The van der Waals surface area contributed by atoms with E-state index in [1.165, 1.54) is 13.1 Å². The molecule has 2 rings (SSSR count). The van der Waals surface area contributed by atoms with Crippen LogP contribution in [0.25, 0.3) is 0 Å². The second kappa shape index (κ2) is 3.63. The largest absolute Gasteiger partial charge is 0.508 e. The third-order valence-electron chi connectivity index (χ3n) is 2.81. The highest BCUT2D eigenvalue weighted by atomic mass is 16.3. The molecular weight excluding hydrogens is 206 g/mol. The van der Waals surface area contributed by atoms with E-state index in [-0.39, 0.29) is 17.6 Å². The summed E-state index contributed by atoms with van der Waals surface area (Å²) in [5.41, 5.74) is 1.41. The Kier molecular flexibility index (Phi) is 2.42. The molecule has 0 saturated heterocycles. The van der Waals surface area contributed by atoms with Crippen LogP contribution in [0, 0.1) is 0 Å². The fourth-order valence-corrected chi connectivity index (χ4v) is 1.91. The molecule has 1 aliphatic rings. The number of carbonyl (C=O) groups is 2. The van der Waals surface area contributed by atoms with Crippen LogP contribution >= 0.6 is 0 Å². The van der Waals surface area contributed by atoms with Crippen LogP contribution in [0.2, 0.25) is 0 Å². The molecule has 1 N–H and O–H groups in total. The van der Waals surface area contributed by atoms with Gasteiger partial charge in [-0.2, -0.15) is 0 Å². The number of phenolic OH excluding ortho intramolecular Hbond substituents is 1. The van der Waals surface area contributed by atoms with Crippen molar-refractivity contribution < 1.29 is 14.7 Å². The maximum atomic E-state index is 11.7. The summed E-state index contributed by atoms with van der Waals surface area (Å²) >= 11 is 0. The number of phenols is 1. The molecule has 0 fully saturated rings. The number of nitrogens with zero attached hydrogens (tertiary/aromatic N) is 1. The molecule has 0 aliphatic carbocycles. The van der Waals surface area contributed by atoms with Gasteiger partial charge in [0.15, 0.2) is 0 Å². The second-order valence-electron chi connectivity index (χ2n) is 3.95. The van der Waals surface area contributed by atoms with Crippen molar-refractivity contribution in [3.05, 3.63) is 28.8 Å². The van der Waals surface area contributed by atoms with Gasteiger partial charge in [-0.25, -0.2) is 0 Å². The van der Waals surface area contributed by atoms with E-state index in [1.807, 2.05) is 6.92 Å². The first kappa shape index (κ1) is 10.7. The number of imide groups is 1. The van der Waals surface area contributed by atoms with Crippen molar-refractivity contribution in [2.75, 3.05) is 7.05 Å². The normalized spacial score (nSPS) is 14.5. The van der Waals surface area contributed by atoms with Gasteiger partial charge in [-0.15, -0.1) is 0 Å². The number of rotatable bonds is 2. The molecule has 84 valence electrons. The number of amides is 2. The summed E-state index contributed by atoms with van der Waals surface area (Å²) < 4.78 is 0. The van der Waals surface area contributed by atoms with Gasteiger partial charge in [-0.1, -0.05) is 13.3 Å². The Balaban J connectivity index is 2.56. The van der Waals surface area contributed by atoms with Gasteiger partial charge in [0.2, 0.25) is 0 Å².